The van der Waals surface area contributed by atoms with Crippen LogP contribution in [0.15, 0.2) is 24.3 Å². The summed E-state index contributed by atoms with van der Waals surface area (Å²) >= 11 is 0. The van der Waals surface area contributed by atoms with Crippen LogP contribution in [-0.2, 0) is 4.74 Å². The smallest absolute Gasteiger partial charge is 0.200 e. The second kappa shape index (κ2) is 5.21. The molecule has 0 radical (unpaired) electrons. The van der Waals surface area contributed by atoms with Gasteiger partial charge >= 0.3 is 0 Å². The SMILES string of the molecule is COc1ccc(OC2CC(C)CCO2)cc1. The third-order valence-electron chi connectivity index (χ3n) is 2.84. The van der Waals surface area contributed by atoms with E-state index in [4.69, 9.17) is 14.2 Å². The highest BCUT2D eigenvalue weighted by Gasteiger charge is 2.20. The Bertz CT molecular complexity index is 320. The van der Waals surface area contributed by atoms with E-state index < -0.39 is 0 Å². The lowest BCUT2D eigenvalue weighted by molar-refractivity contribution is -0.119. The molecule has 0 N–H and O–H groups in total. The van der Waals surface area contributed by atoms with Gasteiger partial charge in [-0.15, -0.1) is 0 Å². The van der Waals surface area contributed by atoms with Gasteiger partial charge in [-0.1, -0.05) is 6.92 Å². The van der Waals surface area contributed by atoms with Crippen molar-refractivity contribution in [3.05, 3.63) is 24.3 Å². The number of hydrogen-bond donors (Lipinski definition) is 0. The Morgan fingerprint density at radius 3 is 2.50 bits per heavy atom. The van der Waals surface area contributed by atoms with E-state index in [1.165, 1.54) is 0 Å². The topological polar surface area (TPSA) is 27.7 Å². The van der Waals surface area contributed by atoms with Crippen molar-refractivity contribution < 1.29 is 14.2 Å². The second-order valence-corrected chi connectivity index (χ2v) is 4.22. The molecule has 0 aromatic heterocycles. The molecule has 3 nitrogen and oxygen atoms in total. The molecule has 1 aromatic carbocycles. The Morgan fingerprint density at radius 2 is 1.88 bits per heavy atom. The van der Waals surface area contributed by atoms with Crippen molar-refractivity contribution in [3.63, 3.8) is 0 Å². The summed E-state index contributed by atoms with van der Waals surface area (Å²) < 4.78 is 16.4. The van der Waals surface area contributed by atoms with Gasteiger partial charge in [0.2, 0.25) is 0 Å². The Labute approximate surface area is 96.3 Å². The Hall–Kier alpha value is -1.22. The third kappa shape index (κ3) is 2.89. The summed E-state index contributed by atoms with van der Waals surface area (Å²) in [6.07, 6.45) is 1.99. The van der Waals surface area contributed by atoms with E-state index in [1.54, 1.807) is 7.11 Å². The Morgan fingerprint density at radius 1 is 1.19 bits per heavy atom. The minimum absolute atomic E-state index is 0.0999. The molecule has 2 rings (SSSR count). The maximum absolute atomic E-state index is 5.75. The Kier molecular flexibility index (Phi) is 3.67. The molecule has 1 heterocycles. The zero-order valence-corrected chi connectivity index (χ0v) is 9.81. The first kappa shape index (κ1) is 11.3. The first-order valence-electron chi connectivity index (χ1n) is 5.70. The number of benzene rings is 1. The molecule has 0 spiro atoms. The Balaban J connectivity index is 1.92. The minimum atomic E-state index is -0.0999. The summed E-state index contributed by atoms with van der Waals surface area (Å²) in [5.41, 5.74) is 0. The van der Waals surface area contributed by atoms with Crippen LogP contribution in [0.25, 0.3) is 0 Å². The number of ether oxygens (including phenoxy) is 3. The third-order valence-corrected chi connectivity index (χ3v) is 2.84. The molecular formula is C13H18O3. The van der Waals surface area contributed by atoms with Crippen LogP contribution in [0, 0.1) is 5.92 Å². The van der Waals surface area contributed by atoms with Crippen LogP contribution < -0.4 is 9.47 Å². The van der Waals surface area contributed by atoms with Gasteiger partial charge in [0.15, 0.2) is 6.29 Å². The van der Waals surface area contributed by atoms with Gasteiger partial charge in [-0.2, -0.15) is 0 Å². The van der Waals surface area contributed by atoms with E-state index in [1.807, 2.05) is 24.3 Å². The van der Waals surface area contributed by atoms with Crippen molar-refractivity contribution in [3.8, 4) is 11.5 Å². The first-order chi connectivity index (χ1) is 7.78. The second-order valence-electron chi connectivity index (χ2n) is 4.22. The highest BCUT2D eigenvalue weighted by atomic mass is 16.7. The maximum atomic E-state index is 5.75. The predicted molar refractivity (Wildman–Crippen MR) is 61.8 cm³/mol. The lowest BCUT2D eigenvalue weighted by Crippen LogP contribution is -2.29. The van der Waals surface area contributed by atoms with E-state index in [-0.39, 0.29) is 6.29 Å². The molecule has 0 amide bonds. The van der Waals surface area contributed by atoms with E-state index in [0.717, 1.165) is 30.9 Å². The highest BCUT2D eigenvalue weighted by Crippen LogP contribution is 2.24. The maximum Gasteiger partial charge on any atom is 0.200 e. The minimum Gasteiger partial charge on any atom is -0.497 e. The molecule has 0 aliphatic carbocycles. The molecule has 16 heavy (non-hydrogen) atoms. The van der Waals surface area contributed by atoms with Crippen LogP contribution >= 0.6 is 0 Å². The standard InChI is InChI=1S/C13H18O3/c1-10-7-8-15-13(9-10)16-12-5-3-11(14-2)4-6-12/h3-6,10,13H,7-9H2,1-2H3. The molecule has 0 bridgehead atoms. The molecule has 1 aliphatic rings. The van der Waals surface area contributed by atoms with Gasteiger partial charge in [-0.25, -0.2) is 0 Å². The van der Waals surface area contributed by atoms with Crippen molar-refractivity contribution >= 4 is 0 Å². The van der Waals surface area contributed by atoms with Crippen molar-refractivity contribution in [1.82, 2.24) is 0 Å². The van der Waals surface area contributed by atoms with E-state index in [2.05, 4.69) is 6.92 Å². The van der Waals surface area contributed by atoms with Gasteiger partial charge in [-0.05, 0) is 36.6 Å². The molecule has 0 saturated carbocycles. The lowest BCUT2D eigenvalue weighted by Gasteiger charge is -2.27. The van der Waals surface area contributed by atoms with Gasteiger partial charge in [0, 0.05) is 6.42 Å². The average molecular weight is 222 g/mol. The van der Waals surface area contributed by atoms with Gasteiger partial charge in [0.25, 0.3) is 0 Å². The van der Waals surface area contributed by atoms with Gasteiger partial charge in [0.1, 0.15) is 11.5 Å². The lowest BCUT2D eigenvalue weighted by atomic mass is 10.0. The van der Waals surface area contributed by atoms with E-state index >= 15 is 0 Å². The predicted octanol–water partition coefficient (Wildman–Crippen LogP) is 2.85. The van der Waals surface area contributed by atoms with Gasteiger partial charge in [-0.3, -0.25) is 0 Å². The van der Waals surface area contributed by atoms with E-state index in [9.17, 15) is 0 Å². The number of rotatable bonds is 3. The summed E-state index contributed by atoms with van der Waals surface area (Å²) in [5.74, 6) is 2.35. The summed E-state index contributed by atoms with van der Waals surface area (Å²) in [5, 5.41) is 0. The van der Waals surface area contributed by atoms with Crippen molar-refractivity contribution in [2.45, 2.75) is 26.1 Å². The fourth-order valence-electron chi connectivity index (χ4n) is 1.80. The van der Waals surface area contributed by atoms with Gasteiger partial charge < -0.3 is 14.2 Å². The highest BCUT2D eigenvalue weighted by molar-refractivity contribution is 5.31. The van der Waals surface area contributed by atoms with Crippen LogP contribution in [-0.4, -0.2) is 20.0 Å². The monoisotopic (exact) mass is 222 g/mol. The number of hydrogen-bond acceptors (Lipinski definition) is 3. The number of methoxy groups -OCH3 is 1. The molecule has 2 atom stereocenters. The van der Waals surface area contributed by atoms with Crippen molar-refractivity contribution in [2.75, 3.05) is 13.7 Å². The largest absolute Gasteiger partial charge is 0.497 e. The molecule has 88 valence electrons. The molecular weight excluding hydrogens is 204 g/mol. The van der Waals surface area contributed by atoms with E-state index in [0.29, 0.717) is 5.92 Å². The normalized spacial score (nSPS) is 25.1. The quantitative estimate of drug-likeness (QED) is 0.787. The molecule has 1 fully saturated rings. The molecule has 1 aromatic rings. The van der Waals surface area contributed by atoms with Crippen molar-refractivity contribution in [1.29, 1.82) is 0 Å². The average Bonchev–Trinajstić information content (AvgIpc) is 2.30. The van der Waals surface area contributed by atoms with Crippen LogP contribution in [0.2, 0.25) is 0 Å². The summed E-state index contributed by atoms with van der Waals surface area (Å²) in [6.45, 7) is 3.02. The summed E-state index contributed by atoms with van der Waals surface area (Å²) in [7, 11) is 1.65. The zero-order chi connectivity index (χ0) is 11.4. The molecule has 3 heteroatoms. The van der Waals surface area contributed by atoms with Crippen LogP contribution in [0.4, 0.5) is 0 Å². The summed E-state index contributed by atoms with van der Waals surface area (Å²) in [4.78, 5) is 0. The van der Waals surface area contributed by atoms with Crippen LogP contribution in [0.1, 0.15) is 19.8 Å². The fraction of sp³-hybridized carbons (Fsp3) is 0.538. The molecule has 1 aliphatic heterocycles. The summed E-state index contributed by atoms with van der Waals surface area (Å²) in [6, 6.07) is 7.59. The van der Waals surface area contributed by atoms with Gasteiger partial charge in [0.05, 0.1) is 13.7 Å². The van der Waals surface area contributed by atoms with Crippen LogP contribution in [0.3, 0.4) is 0 Å². The zero-order valence-electron chi connectivity index (χ0n) is 9.81. The fourth-order valence-corrected chi connectivity index (χ4v) is 1.80. The molecule has 1 saturated heterocycles. The first-order valence-corrected chi connectivity index (χ1v) is 5.70. The molecule has 2 unspecified atom stereocenters. The van der Waals surface area contributed by atoms with Crippen LogP contribution in [0.5, 0.6) is 11.5 Å². The van der Waals surface area contributed by atoms with Crippen molar-refractivity contribution in [2.24, 2.45) is 5.92 Å².